The van der Waals surface area contributed by atoms with Crippen molar-refractivity contribution in [3.63, 3.8) is 0 Å². The summed E-state index contributed by atoms with van der Waals surface area (Å²) in [4.78, 5) is 12.6. The molecular weight excluding hydrogens is 463 g/mol. The molecule has 0 saturated carbocycles. The molecule has 1 amide bonds. The van der Waals surface area contributed by atoms with Crippen molar-refractivity contribution in [3.8, 4) is 11.4 Å². The van der Waals surface area contributed by atoms with Crippen LogP contribution >= 0.6 is 23.4 Å². The van der Waals surface area contributed by atoms with Gasteiger partial charge in [0.1, 0.15) is 11.6 Å². The quantitative estimate of drug-likeness (QED) is 0.357. The molecule has 1 N–H and O–H groups in total. The molecule has 0 bridgehead atoms. The smallest absolute Gasteiger partial charge is 0.251 e. The Labute approximate surface area is 199 Å². The van der Waals surface area contributed by atoms with E-state index in [0.29, 0.717) is 40.3 Å². The lowest BCUT2D eigenvalue weighted by Gasteiger charge is -2.11. The Morgan fingerprint density at radius 1 is 1.09 bits per heavy atom. The molecule has 33 heavy (non-hydrogen) atoms. The molecule has 4 aromatic rings. The van der Waals surface area contributed by atoms with Crippen LogP contribution in [0.1, 0.15) is 16.2 Å². The van der Waals surface area contributed by atoms with Crippen LogP contribution in [0.2, 0.25) is 0 Å². The van der Waals surface area contributed by atoms with Gasteiger partial charge in [-0.2, -0.15) is 5.10 Å². The number of carbonyl (C=O) groups excluding carboxylic acids is 1. The molecule has 168 valence electrons. The van der Waals surface area contributed by atoms with Crippen LogP contribution in [0.5, 0.6) is 0 Å². The molecule has 0 spiro atoms. The van der Waals surface area contributed by atoms with Crippen LogP contribution in [0.4, 0.5) is 4.39 Å². The topological polar surface area (TPSA) is 77.6 Å². The van der Waals surface area contributed by atoms with Crippen LogP contribution in [0.3, 0.4) is 0 Å². The summed E-state index contributed by atoms with van der Waals surface area (Å²) in [5.41, 5.74) is 2.14. The highest BCUT2D eigenvalue weighted by atomic mass is 35.5. The third kappa shape index (κ3) is 5.68. The Bertz CT molecular complexity index is 1240. The monoisotopic (exact) mass is 482 g/mol. The summed E-state index contributed by atoms with van der Waals surface area (Å²) < 4.78 is 17.0. The van der Waals surface area contributed by atoms with E-state index in [2.05, 4.69) is 27.2 Å². The first-order chi connectivity index (χ1) is 16.0. The minimum absolute atomic E-state index is 0.192. The standard InChI is InChI=1S/C23H20ClFN6OS/c1-16(24)15-33-23-29-28-21(31(23)20-9-5-18(25)6-10-20)11-13-26-22(32)17-3-7-19(8-4-17)30-14-2-12-27-30/h2-10,12,14H,1,11,13,15H2,(H,26,32). The molecule has 2 aromatic carbocycles. The van der Waals surface area contributed by atoms with Crippen LogP contribution < -0.4 is 5.32 Å². The number of halogens is 2. The summed E-state index contributed by atoms with van der Waals surface area (Å²) >= 11 is 7.28. The lowest BCUT2D eigenvalue weighted by molar-refractivity contribution is 0.0954. The molecule has 0 atom stereocenters. The summed E-state index contributed by atoms with van der Waals surface area (Å²) in [6.45, 7) is 4.05. The zero-order valence-electron chi connectivity index (χ0n) is 17.5. The zero-order chi connectivity index (χ0) is 23.2. The van der Waals surface area contributed by atoms with Crippen molar-refractivity contribution in [2.75, 3.05) is 12.3 Å². The number of rotatable bonds is 9. The number of hydrogen-bond acceptors (Lipinski definition) is 5. The number of amides is 1. The van der Waals surface area contributed by atoms with Crippen LogP contribution in [0.25, 0.3) is 11.4 Å². The van der Waals surface area contributed by atoms with Gasteiger partial charge in [0.15, 0.2) is 5.16 Å². The Morgan fingerprint density at radius 3 is 2.48 bits per heavy atom. The number of carbonyl (C=O) groups is 1. The molecule has 0 aliphatic heterocycles. The molecule has 0 radical (unpaired) electrons. The highest BCUT2D eigenvalue weighted by Gasteiger charge is 2.15. The minimum atomic E-state index is -0.331. The minimum Gasteiger partial charge on any atom is -0.352 e. The van der Waals surface area contributed by atoms with Gasteiger partial charge in [-0.1, -0.05) is 29.9 Å². The number of nitrogens with zero attached hydrogens (tertiary/aromatic N) is 5. The van der Waals surface area contributed by atoms with Crippen LogP contribution in [0, 0.1) is 5.82 Å². The molecule has 0 unspecified atom stereocenters. The van der Waals surface area contributed by atoms with E-state index in [0.717, 1.165) is 11.4 Å². The van der Waals surface area contributed by atoms with Gasteiger partial charge in [0, 0.05) is 47.4 Å². The molecule has 10 heteroatoms. The van der Waals surface area contributed by atoms with E-state index in [-0.39, 0.29) is 11.7 Å². The van der Waals surface area contributed by atoms with E-state index < -0.39 is 0 Å². The van der Waals surface area contributed by atoms with Gasteiger partial charge < -0.3 is 5.32 Å². The highest BCUT2D eigenvalue weighted by Crippen LogP contribution is 2.24. The maximum atomic E-state index is 13.4. The summed E-state index contributed by atoms with van der Waals surface area (Å²) in [6, 6.07) is 15.1. The van der Waals surface area contributed by atoms with Crippen molar-refractivity contribution in [2.24, 2.45) is 0 Å². The van der Waals surface area contributed by atoms with E-state index in [9.17, 15) is 9.18 Å². The molecule has 2 heterocycles. The lowest BCUT2D eigenvalue weighted by atomic mass is 10.2. The van der Waals surface area contributed by atoms with Crippen LogP contribution in [-0.4, -0.2) is 42.7 Å². The van der Waals surface area contributed by atoms with E-state index in [1.54, 1.807) is 35.1 Å². The Kier molecular flexibility index (Phi) is 7.21. The molecule has 0 aliphatic carbocycles. The van der Waals surface area contributed by atoms with Gasteiger partial charge in [0.25, 0.3) is 5.91 Å². The Hall–Kier alpha value is -3.43. The second kappa shape index (κ2) is 10.5. The molecular formula is C23H20ClFN6OS. The number of nitrogens with one attached hydrogen (secondary N) is 1. The Morgan fingerprint density at radius 2 is 1.82 bits per heavy atom. The fourth-order valence-corrected chi connectivity index (χ4v) is 4.01. The summed E-state index contributed by atoms with van der Waals surface area (Å²) in [5, 5.41) is 16.7. The second-order valence-electron chi connectivity index (χ2n) is 7.02. The summed E-state index contributed by atoms with van der Waals surface area (Å²) in [5.74, 6) is 0.579. The second-order valence-corrected chi connectivity index (χ2v) is 8.50. The van der Waals surface area contributed by atoms with Gasteiger partial charge in [-0.25, -0.2) is 9.07 Å². The molecule has 4 rings (SSSR count). The predicted molar refractivity (Wildman–Crippen MR) is 127 cm³/mol. The molecule has 0 fully saturated rings. The highest BCUT2D eigenvalue weighted by molar-refractivity contribution is 7.99. The van der Waals surface area contributed by atoms with E-state index in [1.165, 1.54) is 23.9 Å². The number of aromatic nitrogens is 5. The largest absolute Gasteiger partial charge is 0.352 e. The first-order valence-corrected chi connectivity index (χ1v) is 11.4. The van der Waals surface area contributed by atoms with Crippen molar-refractivity contribution >= 4 is 29.3 Å². The van der Waals surface area contributed by atoms with Crippen LogP contribution in [0.15, 0.2) is 83.8 Å². The van der Waals surface area contributed by atoms with Crippen molar-refractivity contribution in [3.05, 3.63) is 95.8 Å². The predicted octanol–water partition coefficient (Wildman–Crippen LogP) is 4.41. The van der Waals surface area contributed by atoms with Gasteiger partial charge in [0.2, 0.25) is 0 Å². The van der Waals surface area contributed by atoms with E-state index in [4.69, 9.17) is 11.6 Å². The molecule has 0 saturated heterocycles. The molecule has 7 nitrogen and oxygen atoms in total. The maximum Gasteiger partial charge on any atom is 0.251 e. The van der Waals surface area contributed by atoms with Crippen molar-refractivity contribution in [1.82, 2.24) is 29.9 Å². The average Bonchev–Trinajstić information content (AvgIpc) is 3.49. The van der Waals surface area contributed by atoms with E-state index >= 15 is 0 Å². The van der Waals surface area contributed by atoms with Crippen molar-refractivity contribution in [2.45, 2.75) is 11.6 Å². The molecule has 0 aliphatic rings. The van der Waals surface area contributed by atoms with Gasteiger partial charge in [-0.05, 0) is 54.6 Å². The van der Waals surface area contributed by atoms with Crippen molar-refractivity contribution in [1.29, 1.82) is 0 Å². The number of hydrogen-bond donors (Lipinski definition) is 1. The number of thioether (sulfide) groups is 1. The van der Waals surface area contributed by atoms with Gasteiger partial charge in [-0.3, -0.25) is 9.36 Å². The first-order valence-electron chi connectivity index (χ1n) is 10.1. The van der Waals surface area contributed by atoms with Crippen LogP contribution in [-0.2, 0) is 6.42 Å². The zero-order valence-corrected chi connectivity index (χ0v) is 19.1. The summed E-state index contributed by atoms with van der Waals surface area (Å²) in [6.07, 6.45) is 3.97. The summed E-state index contributed by atoms with van der Waals surface area (Å²) in [7, 11) is 0. The Balaban J connectivity index is 1.43. The van der Waals surface area contributed by atoms with Gasteiger partial charge >= 0.3 is 0 Å². The SMILES string of the molecule is C=C(Cl)CSc1nnc(CCNC(=O)c2ccc(-n3cccn3)cc2)n1-c1ccc(F)cc1. The number of benzene rings is 2. The fraction of sp³-hybridized carbons (Fsp3) is 0.130. The normalized spacial score (nSPS) is 10.8. The first kappa shape index (κ1) is 22.8. The third-order valence-corrected chi connectivity index (χ3v) is 5.98. The fourth-order valence-electron chi connectivity index (χ4n) is 3.13. The average molecular weight is 483 g/mol. The molecule has 2 aromatic heterocycles. The van der Waals surface area contributed by atoms with Gasteiger partial charge in [-0.15, -0.1) is 10.2 Å². The van der Waals surface area contributed by atoms with Crippen molar-refractivity contribution < 1.29 is 9.18 Å². The lowest BCUT2D eigenvalue weighted by Crippen LogP contribution is -2.26. The van der Waals surface area contributed by atoms with Gasteiger partial charge in [0.05, 0.1) is 5.69 Å². The maximum absolute atomic E-state index is 13.4. The third-order valence-electron chi connectivity index (χ3n) is 4.68. The van der Waals surface area contributed by atoms with E-state index in [1.807, 2.05) is 29.0 Å².